The predicted octanol–water partition coefficient (Wildman–Crippen LogP) is 1.33. The molecule has 1 fully saturated rings. The molecule has 0 aromatic rings. The summed E-state index contributed by atoms with van der Waals surface area (Å²) in [4.78, 5) is 0. The van der Waals surface area contributed by atoms with Crippen molar-refractivity contribution in [1.82, 2.24) is 0 Å². The van der Waals surface area contributed by atoms with Gasteiger partial charge in [-0.2, -0.15) is 0 Å². The van der Waals surface area contributed by atoms with E-state index in [0.717, 1.165) is 5.92 Å². The molecule has 2 bridgehead atoms. The molecule has 0 radical (unpaired) electrons. The Labute approximate surface area is 55.4 Å². The van der Waals surface area contributed by atoms with Crippen LogP contribution >= 0.6 is 0 Å². The summed E-state index contributed by atoms with van der Waals surface area (Å²) in [6, 6.07) is 0. The third kappa shape index (κ3) is 0.799. The molecule has 0 unspecified atom stereocenters. The molecule has 0 amide bonds. The number of hydrogen-bond acceptors (Lipinski definition) is 1. The van der Waals surface area contributed by atoms with Crippen molar-refractivity contribution in [3.8, 4) is 0 Å². The van der Waals surface area contributed by atoms with Crippen LogP contribution < -0.4 is 0 Å². The Kier molecular flexibility index (Phi) is 1.12. The van der Waals surface area contributed by atoms with Gasteiger partial charge < -0.3 is 5.11 Å². The Morgan fingerprint density at radius 1 is 1.22 bits per heavy atom. The summed E-state index contributed by atoms with van der Waals surface area (Å²) in [7, 11) is 0. The van der Waals surface area contributed by atoms with Gasteiger partial charge in [0.05, 0.1) is 6.10 Å². The normalized spacial score (nSPS) is 47.9. The fraction of sp³-hybridized carbons (Fsp3) is 0.750. The first kappa shape index (κ1) is 5.48. The first-order valence-electron chi connectivity index (χ1n) is 3.72. The van der Waals surface area contributed by atoms with Gasteiger partial charge in [-0.1, -0.05) is 12.2 Å². The summed E-state index contributed by atoms with van der Waals surface area (Å²) < 4.78 is 0. The smallest absolute Gasteiger partial charge is 0.0749 e. The maximum atomic E-state index is 9.31. The number of aliphatic hydroxyl groups is 1. The average molecular weight is 124 g/mol. The summed E-state index contributed by atoms with van der Waals surface area (Å²) >= 11 is 0. The molecule has 2 aliphatic rings. The SMILES string of the molecule is O[C@H]1C=C[C@H]2CC[C@H]1C2. The molecule has 1 nitrogen and oxygen atoms in total. The minimum Gasteiger partial charge on any atom is -0.389 e. The van der Waals surface area contributed by atoms with Crippen molar-refractivity contribution in [3.05, 3.63) is 12.2 Å². The van der Waals surface area contributed by atoms with Crippen molar-refractivity contribution in [1.29, 1.82) is 0 Å². The molecule has 0 aromatic heterocycles. The molecule has 1 heteroatoms. The van der Waals surface area contributed by atoms with Crippen molar-refractivity contribution < 1.29 is 5.11 Å². The van der Waals surface area contributed by atoms with Crippen molar-refractivity contribution in [2.45, 2.75) is 25.4 Å². The molecule has 0 heterocycles. The van der Waals surface area contributed by atoms with Gasteiger partial charge in [0.25, 0.3) is 0 Å². The van der Waals surface area contributed by atoms with Crippen molar-refractivity contribution >= 4 is 0 Å². The van der Waals surface area contributed by atoms with Crippen LogP contribution in [0.25, 0.3) is 0 Å². The second-order valence-electron chi connectivity index (χ2n) is 3.21. The zero-order chi connectivity index (χ0) is 6.27. The molecule has 2 rings (SSSR count). The van der Waals surface area contributed by atoms with Gasteiger partial charge >= 0.3 is 0 Å². The van der Waals surface area contributed by atoms with Crippen LogP contribution in [0, 0.1) is 11.8 Å². The number of allylic oxidation sites excluding steroid dienone is 1. The molecule has 2 aliphatic carbocycles. The quantitative estimate of drug-likeness (QED) is 0.483. The maximum Gasteiger partial charge on any atom is 0.0749 e. The summed E-state index contributed by atoms with van der Waals surface area (Å²) in [5.74, 6) is 1.40. The van der Waals surface area contributed by atoms with Crippen LogP contribution in [0.3, 0.4) is 0 Å². The van der Waals surface area contributed by atoms with Gasteiger partial charge in [0, 0.05) is 0 Å². The van der Waals surface area contributed by atoms with Crippen LogP contribution in [0.2, 0.25) is 0 Å². The third-order valence-electron chi connectivity index (χ3n) is 2.58. The third-order valence-corrected chi connectivity index (χ3v) is 2.58. The van der Waals surface area contributed by atoms with Crippen LogP contribution in [0.1, 0.15) is 19.3 Å². The van der Waals surface area contributed by atoms with Crippen LogP contribution in [-0.2, 0) is 0 Å². The van der Waals surface area contributed by atoms with Crippen molar-refractivity contribution in [2.75, 3.05) is 0 Å². The molecule has 3 atom stereocenters. The molecular weight excluding hydrogens is 112 g/mol. The second-order valence-corrected chi connectivity index (χ2v) is 3.21. The minimum atomic E-state index is -0.122. The molecular formula is C8H12O. The van der Waals surface area contributed by atoms with E-state index in [4.69, 9.17) is 0 Å². The van der Waals surface area contributed by atoms with Gasteiger partial charge in [-0.25, -0.2) is 0 Å². The second kappa shape index (κ2) is 1.84. The predicted molar refractivity (Wildman–Crippen MR) is 36.0 cm³/mol. The topological polar surface area (TPSA) is 20.2 Å². The molecule has 1 N–H and O–H groups in total. The summed E-state index contributed by atoms with van der Waals surface area (Å²) in [6.07, 6.45) is 7.79. The van der Waals surface area contributed by atoms with E-state index in [0.29, 0.717) is 5.92 Å². The van der Waals surface area contributed by atoms with E-state index in [1.54, 1.807) is 0 Å². The fourth-order valence-corrected chi connectivity index (χ4v) is 1.97. The summed E-state index contributed by atoms with van der Waals surface area (Å²) in [5, 5.41) is 9.31. The van der Waals surface area contributed by atoms with E-state index in [-0.39, 0.29) is 6.10 Å². The molecule has 0 aromatic carbocycles. The van der Waals surface area contributed by atoms with E-state index in [9.17, 15) is 5.11 Å². The molecule has 0 saturated heterocycles. The number of aliphatic hydroxyl groups excluding tert-OH is 1. The van der Waals surface area contributed by atoms with Crippen LogP contribution in [0.4, 0.5) is 0 Å². The van der Waals surface area contributed by atoms with Crippen molar-refractivity contribution in [3.63, 3.8) is 0 Å². The zero-order valence-corrected chi connectivity index (χ0v) is 5.46. The van der Waals surface area contributed by atoms with E-state index in [1.165, 1.54) is 19.3 Å². The Morgan fingerprint density at radius 2 is 2.11 bits per heavy atom. The Balaban J connectivity index is 2.19. The highest BCUT2D eigenvalue weighted by Crippen LogP contribution is 2.37. The highest BCUT2D eigenvalue weighted by molar-refractivity contribution is 5.05. The molecule has 9 heavy (non-hydrogen) atoms. The maximum absolute atomic E-state index is 9.31. The fourth-order valence-electron chi connectivity index (χ4n) is 1.97. The number of fused-ring (bicyclic) bond motifs is 2. The summed E-state index contributed by atoms with van der Waals surface area (Å²) in [6.45, 7) is 0. The average Bonchev–Trinajstić information content (AvgIpc) is 2.25. The van der Waals surface area contributed by atoms with Gasteiger partial charge in [0.1, 0.15) is 0 Å². The molecule has 1 saturated carbocycles. The highest BCUT2D eigenvalue weighted by atomic mass is 16.3. The lowest BCUT2D eigenvalue weighted by atomic mass is 9.93. The zero-order valence-electron chi connectivity index (χ0n) is 5.46. The van der Waals surface area contributed by atoms with Gasteiger partial charge in [0.2, 0.25) is 0 Å². The molecule has 0 spiro atoms. The Hall–Kier alpha value is -0.300. The van der Waals surface area contributed by atoms with E-state index < -0.39 is 0 Å². The van der Waals surface area contributed by atoms with Gasteiger partial charge in [-0.15, -0.1) is 0 Å². The number of rotatable bonds is 0. The van der Waals surface area contributed by atoms with E-state index >= 15 is 0 Å². The first-order valence-corrected chi connectivity index (χ1v) is 3.72. The van der Waals surface area contributed by atoms with Gasteiger partial charge in [-0.3, -0.25) is 0 Å². The summed E-state index contributed by atoms with van der Waals surface area (Å²) in [5.41, 5.74) is 0. The Bertz CT molecular complexity index is 140. The Morgan fingerprint density at radius 3 is 2.89 bits per heavy atom. The molecule has 50 valence electrons. The minimum absolute atomic E-state index is 0.122. The first-order chi connectivity index (χ1) is 4.36. The highest BCUT2D eigenvalue weighted by Gasteiger charge is 2.30. The van der Waals surface area contributed by atoms with E-state index in [2.05, 4.69) is 6.08 Å². The lowest BCUT2D eigenvalue weighted by Crippen LogP contribution is -2.17. The monoisotopic (exact) mass is 124 g/mol. The molecule has 0 aliphatic heterocycles. The number of hydrogen-bond donors (Lipinski definition) is 1. The van der Waals surface area contributed by atoms with Crippen LogP contribution in [-0.4, -0.2) is 11.2 Å². The van der Waals surface area contributed by atoms with Crippen molar-refractivity contribution in [2.24, 2.45) is 11.8 Å². The largest absolute Gasteiger partial charge is 0.389 e. The van der Waals surface area contributed by atoms with Gasteiger partial charge in [-0.05, 0) is 31.1 Å². The van der Waals surface area contributed by atoms with Crippen LogP contribution in [0.15, 0.2) is 12.2 Å². The van der Waals surface area contributed by atoms with Crippen LogP contribution in [0.5, 0.6) is 0 Å². The lowest BCUT2D eigenvalue weighted by molar-refractivity contribution is 0.149. The van der Waals surface area contributed by atoms with E-state index in [1.807, 2.05) is 6.08 Å². The standard InChI is InChI=1S/C8H12O/c9-8-4-2-6-1-3-7(8)5-6/h2,4,6-9H,1,3,5H2/t6-,7+,8+/m1/s1. The lowest BCUT2D eigenvalue weighted by Gasteiger charge is -2.17. The van der Waals surface area contributed by atoms with Gasteiger partial charge in [0.15, 0.2) is 0 Å².